The first-order valence-electron chi connectivity index (χ1n) is 4.53. The lowest BCUT2D eigenvalue weighted by Crippen LogP contribution is -2.12. The van der Waals surface area contributed by atoms with E-state index < -0.39 is 0 Å². The average Bonchev–Trinajstić information content (AvgIpc) is 2.72. The Morgan fingerprint density at radius 3 is 3.00 bits per heavy atom. The Bertz CT molecular complexity index is 369. The van der Waals surface area contributed by atoms with Crippen LogP contribution in [0.4, 0.5) is 0 Å². The molecule has 0 aliphatic heterocycles. The van der Waals surface area contributed by atoms with Crippen LogP contribution in [0.1, 0.15) is 17.2 Å². The highest BCUT2D eigenvalue weighted by Crippen LogP contribution is 2.16. The zero-order chi connectivity index (χ0) is 9.80. The number of nitrogens with zero attached hydrogens (tertiary/aromatic N) is 1. The summed E-state index contributed by atoms with van der Waals surface area (Å²) < 4.78 is 0. The summed E-state index contributed by atoms with van der Waals surface area (Å²) in [6.45, 7) is 0. The van der Waals surface area contributed by atoms with Crippen molar-refractivity contribution in [1.29, 1.82) is 0 Å². The minimum absolute atomic E-state index is 0.0540. The Balaban J connectivity index is 2.07. The van der Waals surface area contributed by atoms with Crippen molar-refractivity contribution in [3.8, 4) is 0 Å². The number of rotatable bonds is 3. The lowest BCUT2D eigenvalue weighted by atomic mass is 10.0. The largest absolute Gasteiger partial charge is 0.324 e. The second-order valence-electron chi connectivity index (χ2n) is 3.23. The highest BCUT2D eigenvalue weighted by Gasteiger charge is 2.06. The highest BCUT2D eigenvalue weighted by molar-refractivity contribution is 7.07. The van der Waals surface area contributed by atoms with Gasteiger partial charge in [-0.25, -0.2) is 0 Å². The van der Waals surface area contributed by atoms with E-state index >= 15 is 0 Å². The molecule has 0 bridgehead atoms. The predicted octanol–water partition coefficient (Wildman–Crippen LogP) is 2.39. The van der Waals surface area contributed by atoms with E-state index in [4.69, 9.17) is 5.73 Å². The van der Waals surface area contributed by atoms with Crippen LogP contribution in [0.25, 0.3) is 0 Å². The quantitative estimate of drug-likeness (QED) is 0.833. The van der Waals surface area contributed by atoms with Crippen LogP contribution < -0.4 is 5.73 Å². The van der Waals surface area contributed by atoms with Gasteiger partial charge in [0.2, 0.25) is 0 Å². The van der Waals surface area contributed by atoms with Crippen molar-refractivity contribution in [2.45, 2.75) is 12.5 Å². The number of pyridine rings is 1. The second-order valence-corrected chi connectivity index (χ2v) is 4.01. The van der Waals surface area contributed by atoms with Gasteiger partial charge in [0.05, 0.1) is 0 Å². The summed E-state index contributed by atoms with van der Waals surface area (Å²) in [5, 5.41) is 4.21. The number of aromatic nitrogens is 1. The van der Waals surface area contributed by atoms with Gasteiger partial charge in [-0.1, -0.05) is 6.07 Å². The van der Waals surface area contributed by atoms with Crippen molar-refractivity contribution in [3.63, 3.8) is 0 Å². The Morgan fingerprint density at radius 1 is 1.43 bits per heavy atom. The standard InChI is InChI=1S/C11H12N2S/c12-11(6-9-3-5-14-8-9)10-2-1-4-13-7-10/h1-5,7-8,11H,6,12H2. The molecule has 1 atom stereocenters. The molecular weight excluding hydrogens is 192 g/mol. The summed E-state index contributed by atoms with van der Waals surface area (Å²) in [5.74, 6) is 0. The molecule has 0 fully saturated rings. The summed E-state index contributed by atoms with van der Waals surface area (Å²) >= 11 is 1.71. The Morgan fingerprint density at radius 2 is 2.36 bits per heavy atom. The van der Waals surface area contributed by atoms with E-state index in [0.717, 1.165) is 12.0 Å². The highest BCUT2D eigenvalue weighted by atomic mass is 32.1. The molecule has 2 rings (SSSR count). The van der Waals surface area contributed by atoms with Crippen molar-refractivity contribution in [1.82, 2.24) is 4.98 Å². The molecule has 3 heteroatoms. The zero-order valence-electron chi connectivity index (χ0n) is 7.76. The predicted molar refractivity (Wildman–Crippen MR) is 59.2 cm³/mol. The molecule has 0 spiro atoms. The lowest BCUT2D eigenvalue weighted by Gasteiger charge is -2.09. The topological polar surface area (TPSA) is 38.9 Å². The summed E-state index contributed by atoms with van der Waals surface area (Å²) in [5.41, 5.74) is 8.44. The molecule has 2 heterocycles. The first kappa shape index (κ1) is 9.37. The molecule has 2 aromatic heterocycles. The molecule has 0 aliphatic carbocycles. The fourth-order valence-electron chi connectivity index (χ4n) is 1.38. The monoisotopic (exact) mass is 204 g/mol. The summed E-state index contributed by atoms with van der Waals surface area (Å²) in [6, 6.07) is 6.10. The van der Waals surface area contributed by atoms with Crippen molar-refractivity contribution in [2.24, 2.45) is 5.73 Å². The van der Waals surface area contributed by atoms with E-state index in [0.29, 0.717) is 0 Å². The van der Waals surface area contributed by atoms with E-state index in [-0.39, 0.29) is 6.04 Å². The molecule has 2 aromatic rings. The van der Waals surface area contributed by atoms with Crippen molar-refractivity contribution >= 4 is 11.3 Å². The third kappa shape index (κ3) is 2.19. The molecule has 14 heavy (non-hydrogen) atoms. The van der Waals surface area contributed by atoms with Gasteiger partial charge >= 0.3 is 0 Å². The summed E-state index contributed by atoms with van der Waals surface area (Å²) in [7, 11) is 0. The van der Waals surface area contributed by atoms with Crippen molar-refractivity contribution in [2.75, 3.05) is 0 Å². The van der Waals surface area contributed by atoms with Crippen molar-refractivity contribution in [3.05, 3.63) is 52.5 Å². The van der Waals surface area contributed by atoms with Crippen molar-refractivity contribution < 1.29 is 0 Å². The van der Waals surface area contributed by atoms with Gasteiger partial charge in [-0.3, -0.25) is 4.98 Å². The van der Waals surface area contributed by atoms with E-state index in [9.17, 15) is 0 Å². The van der Waals surface area contributed by atoms with Crippen LogP contribution in [0.15, 0.2) is 41.4 Å². The Hall–Kier alpha value is -1.19. The molecule has 2 N–H and O–H groups in total. The van der Waals surface area contributed by atoms with Gasteiger partial charge < -0.3 is 5.73 Å². The third-order valence-electron chi connectivity index (χ3n) is 2.15. The molecule has 0 radical (unpaired) electrons. The van der Waals surface area contributed by atoms with Gasteiger partial charge in [0.25, 0.3) is 0 Å². The van der Waals surface area contributed by atoms with Gasteiger partial charge in [-0.2, -0.15) is 11.3 Å². The van der Waals surface area contributed by atoms with Gasteiger partial charge in [0.1, 0.15) is 0 Å². The maximum atomic E-state index is 6.05. The van der Waals surface area contributed by atoms with Crippen LogP contribution >= 0.6 is 11.3 Å². The first-order valence-corrected chi connectivity index (χ1v) is 5.47. The number of nitrogens with two attached hydrogens (primary N) is 1. The molecule has 0 aliphatic rings. The Kier molecular flexibility index (Phi) is 2.91. The minimum Gasteiger partial charge on any atom is -0.324 e. The van der Waals surface area contributed by atoms with E-state index in [1.807, 2.05) is 18.3 Å². The zero-order valence-corrected chi connectivity index (χ0v) is 8.58. The molecule has 0 amide bonds. The van der Waals surface area contributed by atoms with E-state index in [1.165, 1.54) is 5.56 Å². The average molecular weight is 204 g/mol. The number of hydrogen-bond donors (Lipinski definition) is 1. The van der Waals surface area contributed by atoms with Gasteiger partial charge in [0, 0.05) is 18.4 Å². The van der Waals surface area contributed by atoms with Gasteiger partial charge in [0.15, 0.2) is 0 Å². The summed E-state index contributed by atoms with van der Waals surface area (Å²) in [4.78, 5) is 4.06. The fourth-order valence-corrected chi connectivity index (χ4v) is 2.06. The maximum Gasteiger partial charge on any atom is 0.0351 e. The van der Waals surface area contributed by atoms with Crippen LogP contribution in [0.3, 0.4) is 0 Å². The van der Waals surface area contributed by atoms with Crippen LogP contribution in [-0.2, 0) is 6.42 Å². The molecule has 72 valence electrons. The Labute approximate surface area is 87.4 Å². The lowest BCUT2D eigenvalue weighted by molar-refractivity contribution is 0.720. The van der Waals surface area contributed by atoms with Crippen LogP contribution in [0, 0.1) is 0 Å². The molecule has 0 saturated heterocycles. The smallest absolute Gasteiger partial charge is 0.0351 e. The summed E-state index contributed by atoms with van der Waals surface area (Å²) in [6.07, 6.45) is 4.48. The number of thiophene rings is 1. The molecule has 1 unspecified atom stereocenters. The van der Waals surface area contributed by atoms with Crippen LogP contribution in [-0.4, -0.2) is 4.98 Å². The molecule has 0 aromatic carbocycles. The molecule has 0 saturated carbocycles. The van der Waals surface area contributed by atoms with E-state index in [1.54, 1.807) is 17.5 Å². The fraction of sp³-hybridized carbons (Fsp3) is 0.182. The molecule has 2 nitrogen and oxygen atoms in total. The second kappa shape index (κ2) is 4.35. The van der Waals surface area contributed by atoms with Gasteiger partial charge in [-0.05, 0) is 40.4 Å². The van der Waals surface area contributed by atoms with Crippen LogP contribution in [0.2, 0.25) is 0 Å². The minimum atomic E-state index is 0.0540. The maximum absolute atomic E-state index is 6.05. The first-order chi connectivity index (χ1) is 6.86. The van der Waals surface area contributed by atoms with E-state index in [2.05, 4.69) is 21.8 Å². The SMILES string of the molecule is NC(Cc1ccsc1)c1cccnc1. The molecular formula is C11H12N2S. The number of hydrogen-bond acceptors (Lipinski definition) is 3. The normalized spacial score (nSPS) is 12.6. The van der Waals surface area contributed by atoms with Gasteiger partial charge in [-0.15, -0.1) is 0 Å². The van der Waals surface area contributed by atoms with Crippen LogP contribution in [0.5, 0.6) is 0 Å². The third-order valence-corrected chi connectivity index (χ3v) is 2.88.